The van der Waals surface area contributed by atoms with Gasteiger partial charge in [-0.05, 0) is 45.2 Å². The summed E-state index contributed by atoms with van der Waals surface area (Å²) in [6.45, 7) is 11.7. The molecule has 1 aliphatic rings. The summed E-state index contributed by atoms with van der Waals surface area (Å²) in [6.07, 6.45) is 0. The number of benzene rings is 1. The van der Waals surface area contributed by atoms with Crippen molar-refractivity contribution in [2.45, 2.75) is 64.4 Å². The Morgan fingerprint density at radius 2 is 1.61 bits per heavy atom. The Morgan fingerprint density at radius 3 is 2.13 bits per heavy atom. The van der Waals surface area contributed by atoms with Gasteiger partial charge in [-0.2, -0.15) is 0 Å². The van der Waals surface area contributed by atoms with Crippen LogP contribution >= 0.6 is 0 Å². The second kappa shape index (κ2) is 6.49. The van der Waals surface area contributed by atoms with Crippen LogP contribution in [0.25, 0.3) is 0 Å². The molecule has 1 aromatic carbocycles. The number of sulfone groups is 1. The number of amidine groups is 1. The van der Waals surface area contributed by atoms with Crippen molar-refractivity contribution in [3.63, 3.8) is 0 Å². The van der Waals surface area contributed by atoms with E-state index >= 15 is 0 Å². The van der Waals surface area contributed by atoms with E-state index < -0.39 is 9.84 Å². The summed E-state index contributed by atoms with van der Waals surface area (Å²) in [5.41, 5.74) is 3.86. The molecule has 0 aliphatic carbocycles. The third-order valence-corrected chi connectivity index (χ3v) is 5.40. The van der Waals surface area contributed by atoms with Crippen LogP contribution in [0.4, 0.5) is 0 Å². The molecule has 0 atom stereocenters. The van der Waals surface area contributed by atoms with Crippen LogP contribution in [0.3, 0.4) is 0 Å². The SMILES string of the molecule is CC(C)c1ccccc1S(=O)(=O)C1=NN(C(C)C)NN1C(C)C. The molecular weight excluding hydrogens is 312 g/mol. The molecule has 0 saturated carbocycles. The van der Waals surface area contributed by atoms with Gasteiger partial charge in [-0.15, -0.1) is 10.6 Å². The molecule has 7 heteroatoms. The maximum Gasteiger partial charge on any atom is 0.264 e. The van der Waals surface area contributed by atoms with Crippen LogP contribution in [0.2, 0.25) is 0 Å². The Labute approximate surface area is 139 Å². The number of hydrazone groups is 1. The van der Waals surface area contributed by atoms with Crippen molar-refractivity contribution < 1.29 is 8.42 Å². The molecular formula is C16H26N4O2S. The number of hydrogen-bond donors (Lipinski definition) is 1. The average Bonchev–Trinajstić information content (AvgIpc) is 2.93. The summed E-state index contributed by atoms with van der Waals surface area (Å²) in [7, 11) is -3.70. The van der Waals surface area contributed by atoms with Crippen molar-refractivity contribution in [1.82, 2.24) is 15.7 Å². The van der Waals surface area contributed by atoms with Crippen LogP contribution in [0, 0.1) is 0 Å². The lowest BCUT2D eigenvalue weighted by molar-refractivity contribution is 0.0676. The van der Waals surface area contributed by atoms with E-state index in [0.29, 0.717) is 4.90 Å². The van der Waals surface area contributed by atoms with Gasteiger partial charge in [-0.3, -0.25) is 5.01 Å². The fourth-order valence-electron chi connectivity index (χ4n) is 2.37. The van der Waals surface area contributed by atoms with Gasteiger partial charge in [0.05, 0.1) is 10.9 Å². The van der Waals surface area contributed by atoms with E-state index in [9.17, 15) is 8.42 Å². The van der Waals surface area contributed by atoms with E-state index in [0.717, 1.165) is 5.56 Å². The summed E-state index contributed by atoms with van der Waals surface area (Å²) in [5, 5.41) is 7.54. The number of hydrazine groups is 2. The van der Waals surface area contributed by atoms with Gasteiger partial charge in [0.25, 0.3) is 5.17 Å². The lowest BCUT2D eigenvalue weighted by Gasteiger charge is -2.27. The Balaban J connectivity index is 2.56. The minimum absolute atomic E-state index is 0.0431. The molecule has 0 bridgehead atoms. The smallest absolute Gasteiger partial charge is 0.259 e. The number of hydrogen-bond acceptors (Lipinski definition) is 6. The van der Waals surface area contributed by atoms with Gasteiger partial charge in [0.2, 0.25) is 9.84 Å². The van der Waals surface area contributed by atoms with Crippen molar-refractivity contribution in [2.24, 2.45) is 5.10 Å². The first-order valence-electron chi connectivity index (χ1n) is 7.93. The zero-order chi connectivity index (χ0) is 17.4. The largest absolute Gasteiger partial charge is 0.264 e. The summed E-state index contributed by atoms with van der Waals surface area (Å²) >= 11 is 0. The van der Waals surface area contributed by atoms with E-state index in [4.69, 9.17) is 0 Å². The molecule has 0 radical (unpaired) electrons. The van der Waals surface area contributed by atoms with E-state index in [1.165, 1.54) is 0 Å². The first kappa shape index (κ1) is 17.7. The first-order valence-corrected chi connectivity index (χ1v) is 9.42. The van der Waals surface area contributed by atoms with Crippen molar-refractivity contribution in [2.75, 3.05) is 0 Å². The highest BCUT2D eigenvalue weighted by Crippen LogP contribution is 2.27. The van der Waals surface area contributed by atoms with E-state index in [2.05, 4.69) is 10.6 Å². The Bertz CT molecular complexity index is 696. The minimum Gasteiger partial charge on any atom is -0.259 e. The predicted octanol–water partition coefficient (Wildman–Crippen LogP) is 2.71. The van der Waals surface area contributed by atoms with E-state index in [1.54, 1.807) is 22.3 Å². The molecule has 1 N–H and O–H groups in total. The van der Waals surface area contributed by atoms with Gasteiger partial charge in [0, 0.05) is 6.04 Å². The fourth-order valence-corrected chi connectivity index (χ4v) is 4.14. The summed E-state index contributed by atoms with van der Waals surface area (Å²) in [4.78, 5) is 0.326. The molecule has 0 fully saturated rings. The second-order valence-corrected chi connectivity index (χ2v) is 8.39. The van der Waals surface area contributed by atoms with Crippen LogP contribution in [-0.4, -0.2) is 35.8 Å². The van der Waals surface area contributed by atoms with Gasteiger partial charge in [0.15, 0.2) is 0 Å². The number of nitrogens with zero attached hydrogens (tertiary/aromatic N) is 3. The quantitative estimate of drug-likeness (QED) is 0.914. The molecule has 23 heavy (non-hydrogen) atoms. The lowest BCUT2D eigenvalue weighted by Crippen LogP contribution is -2.50. The molecule has 0 amide bonds. The highest BCUT2D eigenvalue weighted by atomic mass is 32.2. The molecule has 0 spiro atoms. The molecule has 1 heterocycles. The third kappa shape index (κ3) is 3.35. The van der Waals surface area contributed by atoms with E-state index in [1.807, 2.05) is 53.7 Å². The molecule has 1 aliphatic heterocycles. The highest BCUT2D eigenvalue weighted by molar-refractivity contribution is 8.06. The van der Waals surface area contributed by atoms with Gasteiger partial charge < -0.3 is 0 Å². The van der Waals surface area contributed by atoms with Crippen LogP contribution in [0.5, 0.6) is 0 Å². The molecule has 1 aromatic rings. The van der Waals surface area contributed by atoms with Gasteiger partial charge in [0.1, 0.15) is 0 Å². The topological polar surface area (TPSA) is 65.0 Å². The van der Waals surface area contributed by atoms with Crippen LogP contribution in [-0.2, 0) is 9.84 Å². The first-order chi connectivity index (χ1) is 10.7. The Hall–Kier alpha value is -1.60. The van der Waals surface area contributed by atoms with Crippen molar-refractivity contribution in [3.8, 4) is 0 Å². The summed E-state index contributed by atoms with van der Waals surface area (Å²) in [5.74, 6) is 0.115. The minimum atomic E-state index is -3.70. The molecule has 0 aromatic heterocycles. The van der Waals surface area contributed by atoms with Crippen LogP contribution in [0.1, 0.15) is 53.0 Å². The summed E-state index contributed by atoms with van der Waals surface area (Å²) < 4.78 is 26.4. The number of rotatable bonds is 4. The van der Waals surface area contributed by atoms with Gasteiger partial charge in [-0.25, -0.2) is 13.5 Å². The maximum atomic E-state index is 13.2. The monoisotopic (exact) mass is 338 g/mol. The fraction of sp³-hybridized carbons (Fsp3) is 0.562. The normalized spacial score (nSPS) is 16.0. The molecule has 0 saturated heterocycles. The highest BCUT2D eigenvalue weighted by Gasteiger charge is 2.37. The maximum absolute atomic E-state index is 13.2. The molecule has 6 nitrogen and oxygen atoms in total. The number of nitrogens with one attached hydrogen (secondary N) is 1. The molecule has 0 unspecified atom stereocenters. The van der Waals surface area contributed by atoms with Crippen LogP contribution < -0.4 is 5.53 Å². The van der Waals surface area contributed by atoms with E-state index in [-0.39, 0.29) is 23.2 Å². The summed E-state index contributed by atoms with van der Waals surface area (Å²) in [6, 6.07) is 7.14. The average molecular weight is 338 g/mol. The zero-order valence-electron chi connectivity index (χ0n) is 14.6. The van der Waals surface area contributed by atoms with Crippen molar-refractivity contribution >= 4 is 15.0 Å². The van der Waals surface area contributed by atoms with Crippen LogP contribution in [0.15, 0.2) is 34.3 Å². The van der Waals surface area contributed by atoms with Gasteiger partial charge >= 0.3 is 0 Å². The Kier molecular flexibility index (Phi) is 5.01. The zero-order valence-corrected chi connectivity index (χ0v) is 15.4. The lowest BCUT2D eigenvalue weighted by atomic mass is 10.0. The van der Waals surface area contributed by atoms with Gasteiger partial charge in [-0.1, -0.05) is 32.0 Å². The second-order valence-electron chi connectivity index (χ2n) is 6.58. The predicted molar refractivity (Wildman–Crippen MR) is 92.2 cm³/mol. The van der Waals surface area contributed by atoms with Crippen molar-refractivity contribution in [1.29, 1.82) is 0 Å². The molecule has 2 rings (SSSR count). The standard InChI is InChI=1S/C16H26N4O2S/c1-11(2)14-9-7-8-10-15(14)23(21,22)16-17-20(13(5)6)18-19(16)12(3)4/h7-13,18H,1-6H3. The molecule has 128 valence electrons. The third-order valence-electron chi connectivity index (χ3n) is 3.69. The Morgan fingerprint density at radius 1 is 1.00 bits per heavy atom. The van der Waals surface area contributed by atoms with Crippen molar-refractivity contribution in [3.05, 3.63) is 29.8 Å².